The molecule has 0 aliphatic rings. The summed E-state index contributed by atoms with van der Waals surface area (Å²) in [4.78, 5) is 0. The Morgan fingerprint density at radius 3 is 2.48 bits per heavy atom. The summed E-state index contributed by atoms with van der Waals surface area (Å²) in [5.74, 6) is 1.01. The molecule has 0 amide bonds. The number of phenols is 1. The van der Waals surface area contributed by atoms with Gasteiger partial charge in [-0.15, -0.1) is 0 Å². The largest absolute Gasteiger partial charge is 0.508 e. The molecular weight excluding hydrogens is 262 g/mol. The van der Waals surface area contributed by atoms with Gasteiger partial charge >= 0.3 is 0 Å². The van der Waals surface area contributed by atoms with Gasteiger partial charge in [0, 0.05) is 11.6 Å². The molecule has 1 N–H and O–H groups in total. The highest BCUT2D eigenvalue weighted by molar-refractivity contribution is 5.81. The molecule has 108 valence electrons. The predicted molar refractivity (Wildman–Crippen MR) is 84.8 cm³/mol. The number of ether oxygens (including phenoxy) is 1. The van der Waals surface area contributed by atoms with E-state index >= 15 is 0 Å². The molecule has 21 heavy (non-hydrogen) atoms. The average Bonchev–Trinajstić information content (AvgIpc) is 2.85. The van der Waals surface area contributed by atoms with Gasteiger partial charge in [0.1, 0.15) is 18.1 Å². The fraction of sp³-hybridized carbons (Fsp3) is 0.222. The lowest BCUT2D eigenvalue weighted by atomic mass is 10.2. The summed E-state index contributed by atoms with van der Waals surface area (Å²) in [5, 5.41) is 10.5. The molecule has 1 aromatic heterocycles. The quantitative estimate of drug-likeness (QED) is 0.763. The van der Waals surface area contributed by atoms with Gasteiger partial charge in [-0.1, -0.05) is 18.2 Å². The van der Waals surface area contributed by atoms with Crippen LogP contribution < -0.4 is 4.74 Å². The number of aromatic nitrogens is 1. The molecule has 0 aliphatic heterocycles. The van der Waals surface area contributed by atoms with Gasteiger partial charge in [-0.3, -0.25) is 0 Å². The van der Waals surface area contributed by atoms with E-state index in [1.807, 2.05) is 0 Å². The molecule has 1 heterocycles. The molecule has 3 heteroatoms. The Bertz CT molecular complexity index is 742. The van der Waals surface area contributed by atoms with Crippen molar-refractivity contribution < 1.29 is 9.84 Å². The van der Waals surface area contributed by atoms with Gasteiger partial charge in [0.05, 0.1) is 5.69 Å². The van der Waals surface area contributed by atoms with E-state index in [4.69, 9.17) is 4.74 Å². The third-order valence-electron chi connectivity index (χ3n) is 3.57. The zero-order valence-corrected chi connectivity index (χ0v) is 12.3. The lowest BCUT2D eigenvalue weighted by Gasteiger charge is -2.15. The van der Waals surface area contributed by atoms with E-state index in [1.165, 1.54) is 10.9 Å². The van der Waals surface area contributed by atoms with Gasteiger partial charge in [-0.25, -0.2) is 0 Å². The van der Waals surface area contributed by atoms with Gasteiger partial charge in [0.2, 0.25) is 0 Å². The van der Waals surface area contributed by atoms with Crippen LogP contribution in [0.4, 0.5) is 0 Å². The van der Waals surface area contributed by atoms with E-state index in [0.29, 0.717) is 12.6 Å². The molecule has 0 atom stereocenters. The highest BCUT2D eigenvalue weighted by Crippen LogP contribution is 2.25. The van der Waals surface area contributed by atoms with E-state index < -0.39 is 0 Å². The Hall–Kier alpha value is -2.42. The molecule has 3 nitrogen and oxygen atoms in total. The summed E-state index contributed by atoms with van der Waals surface area (Å²) >= 11 is 0. The van der Waals surface area contributed by atoms with Crippen LogP contribution in [-0.4, -0.2) is 9.67 Å². The second kappa shape index (κ2) is 5.52. The number of phenolic OH excluding ortho intramolecular Hbond substituents is 1. The van der Waals surface area contributed by atoms with Gasteiger partial charge in [-0.05, 0) is 55.6 Å². The van der Waals surface area contributed by atoms with Crippen LogP contribution in [0.5, 0.6) is 11.5 Å². The van der Waals surface area contributed by atoms with E-state index in [0.717, 1.165) is 11.4 Å². The van der Waals surface area contributed by atoms with Crippen LogP contribution in [-0.2, 0) is 6.61 Å². The molecule has 0 fully saturated rings. The number of aromatic hydroxyl groups is 1. The summed E-state index contributed by atoms with van der Waals surface area (Å²) in [7, 11) is 0. The zero-order chi connectivity index (χ0) is 14.8. The van der Waals surface area contributed by atoms with Crippen LogP contribution in [0.15, 0.2) is 54.6 Å². The van der Waals surface area contributed by atoms with Crippen molar-refractivity contribution in [1.82, 2.24) is 4.57 Å². The van der Waals surface area contributed by atoms with Crippen molar-refractivity contribution in [1.29, 1.82) is 0 Å². The van der Waals surface area contributed by atoms with Crippen molar-refractivity contribution >= 4 is 10.9 Å². The first kappa shape index (κ1) is 13.6. The molecule has 3 rings (SSSR count). The van der Waals surface area contributed by atoms with Crippen LogP contribution in [0.3, 0.4) is 0 Å². The number of fused-ring (bicyclic) bond motifs is 1. The number of hydrogen-bond donors (Lipinski definition) is 1. The van der Waals surface area contributed by atoms with Crippen molar-refractivity contribution in [3.8, 4) is 11.5 Å². The first-order valence-electron chi connectivity index (χ1n) is 7.16. The zero-order valence-electron chi connectivity index (χ0n) is 12.3. The molecule has 0 saturated heterocycles. The maximum absolute atomic E-state index is 9.29. The fourth-order valence-corrected chi connectivity index (χ4v) is 2.65. The average molecular weight is 281 g/mol. The van der Waals surface area contributed by atoms with Crippen LogP contribution in [0.25, 0.3) is 10.9 Å². The van der Waals surface area contributed by atoms with Crippen LogP contribution in [0.2, 0.25) is 0 Å². The normalized spacial score (nSPS) is 11.2. The Morgan fingerprint density at radius 2 is 1.76 bits per heavy atom. The first-order chi connectivity index (χ1) is 10.1. The highest BCUT2D eigenvalue weighted by Gasteiger charge is 2.11. The van der Waals surface area contributed by atoms with Crippen LogP contribution in [0, 0.1) is 0 Å². The number of nitrogens with zero attached hydrogens (tertiary/aromatic N) is 1. The Morgan fingerprint density at radius 1 is 1.05 bits per heavy atom. The Kier molecular flexibility index (Phi) is 3.57. The summed E-state index contributed by atoms with van der Waals surface area (Å²) in [6, 6.07) is 17.7. The van der Waals surface area contributed by atoms with E-state index in [9.17, 15) is 5.11 Å². The second-order valence-electron chi connectivity index (χ2n) is 5.44. The molecule has 0 radical (unpaired) electrons. The molecule has 3 aromatic rings. The van der Waals surface area contributed by atoms with Crippen molar-refractivity contribution in [3.05, 3.63) is 60.3 Å². The lowest BCUT2D eigenvalue weighted by Crippen LogP contribution is -2.08. The lowest BCUT2D eigenvalue weighted by molar-refractivity contribution is 0.292. The maximum Gasteiger partial charge on any atom is 0.128 e. The number of hydrogen-bond acceptors (Lipinski definition) is 2. The van der Waals surface area contributed by atoms with Gasteiger partial charge < -0.3 is 14.4 Å². The standard InChI is InChI=1S/C18H19NO2/c1-13(2)19-15(11-14-5-3-4-6-18(14)19)12-21-17-9-7-16(20)8-10-17/h3-11,13,20H,12H2,1-2H3. The minimum absolute atomic E-state index is 0.249. The van der Waals surface area contributed by atoms with Crippen molar-refractivity contribution in [2.75, 3.05) is 0 Å². The molecule has 0 saturated carbocycles. The molecule has 0 aliphatic carbocycles. The van der Waals surface area contributed by atoms with Gasteiger partial charge in [0.25, 0.3) is 0 Å². The number of para-hydroxylation sites is 1. The minimum atomic E-state index is 0.249. The van der Waals surface area contributed by atoms with Gasteiger partial charge in [0.15, 0.2) is 0 Å². The first-order valence-corrected chi connectivity index (χ1v) is 7.16. The summed E-state index contributed by atoms with van der Waals surface area (Å²) in [6.07, 6.45) is 0. The predicted octanol–water partition coefficient (Wildman–Crippen LogP) is 4.51. The minimum Gasteiger partial charge on any atom is -0.508 e. The van der Waals surface area contributed by atoms with E-state index in [1.54, 1.807) is 24.3 Å². The number of rotatable bonds is 4. The summed E-state index contributed by atoms with van der Waals surface area (Å²) in [5.41, 5.74) is 2.39. The number of benzene rings is 2. The van der Waals surface area contributed by atoms with Gasteiger partial charge in [-0.2, -0.15) is 0 Å². The highest BCUT2D eigenvalue weighted by atomic mass is 16.5. The Balaban J connectivity index is 1.89. The van der Waals surface area contributed by atoms with Crippen LogP contribution in [0.1, 0.15) is 25.6 Å². The van der Waals surface area contributed by atoms with E-state index in [-0.39, 0.29) is 5.75 Å². The van der Waals surface area contributed by atoms with Crippen molar-refractivity contribution in [2.45, 2.75) is 26.5 Å². The molecular formula is C18H19NO2. The summed E-state index contributed by atoms with van der Waals surface area (Å²) < 4.78 is 8.14. The van der Waals surface area contributed by atoms with E-state index in [2.05, 4.69) is 48.7 Å². The topological polar surface area (TPSA) is 34.4 Å². The third-order valence-corrected chi connectivity index (χ3v) is 3.57. The summed E-state index contributed by atoms with van der Waals surface area (Å²) in [6.45, 7) is 4.87. The molecule has 2 aromatic carbocycles. The maximum atomic E-state index is 9.29. The molecule has 0 spiro atoms. The third kappa shape index (κ3) is 2.72. The second-order valence-corrected chi connectivity index (χ2v) is 5.44. The molecule has 0 unspecified atom stereocenters. The van der Waals surface area contributed by atoms with Crippen molar-refractivity contribution in [2.24, 2.45) is 0 Å². The monoisotopic (exact) mass is 281 g/mol. The smallest absolute Gasteiger partial charge is 0.128 e. The molecule has 0 bridgehead atoms. The van der Waals surface area contributed by atoms with Crippen molar-refractivity contribution in [3.63, 3.8) is 0 Å². The SMILES string of the molecule is CC(C)n1c(COc2ccc(O)cc2)cc2ccccc21. The van der Waals surface area contributed by atoms with Crippen LogP contribution >= 0.6 is 0 Å². The Labute approximate surface area is 124 Å². The fourth-order valence-electron chi connectivity index (χ4n) is 2.65.